The minimum atomic E-state index is -5.14. The highest BCUT2D eigenvalue weighted by Gasteiger charge is 2.23. The van der Waals surface area contributed by atoms with Crippen molar-refractivity contribution in [3.05, 3.63) is 69.6 Å². The van der Waals surface area contributed by atoms with E-state index in [1.54, 1.807) is 60.7 Å². The molecule has 0 spiro atoms. The summed E-state index contributed by atoms with van der Waals surface area (Å²) in [7, 11) is -10.3. The summed E-state index contributed by atoms with van der Waals surface area (Å²) in [4.78, 5) is 0. The molecule has 0 aromatic heterocycles. The zero-order valence-electron chi connectivity index (χ0n) is 17.6. The lowest BCUT2D eigenvalue weighted by atomic mass is 9.88. The first-order valence-electron chi connectivity index (χ1n) is 10.2. The number of halogens is 2. The van der Waals surface area contributed by atoms with E-state index >= 15 is 0 Å². The smallest absolute Gasteiger partial charge is 0.262 e. The minimum Gasteiger partial charge on any atom is -0.716 e. The van der Waals surface area contributed by atoms with Gasteiger partial charge < -0.3 is 17.5 Å². The molecule has 0 aliphatic carbocycles. The topological polar surface area (TPSA) is 133 Å². The van der Waals surface area contributed by atoms with Crippen molar-refractivity contribution in [3.63, 3.8) is 0 Å². The monoisotopic (exact) mass is 648 g/mol. The van der Waals surface area contributed by atoms with E-state index in [1.165, 1.54) is 0 Å². The molecule has 0 radical (unpaired) electrons. The van der Waals surface area contributed by atoms with Crippen molar-refractivity contribution in [2.24, 2.45) is 0 Å². The minimum absolute atomic E-state index is 0.155. The number of benzene rings is 6. The molecule has 0 unspecified atom stereocenters. The Labute approximate surface area is 220 Å². The second-order valence-electron chi connectivity index (χ2n) is 8.09. The molecule has 8 nitrogen and oxygen atoms in total. The summed E-state index contributed by atoms with van der Waals surface area (Å²) < 4.78 is 81.3. The van der Waals surface area contributed by atoms with E-state index in [9.17, 15) is 25.9 Å². The summed E-state index contributed by atoms with van der Waals surface area (Å²) in [5.74, 6) is -0.309. The molecule has 12 heteroatoms. The Hall–Kier alpha value is -2.74. The molecule has 0 atom stereocenters. The molecule has 6 aromatic carbocycles. The normalized spacial score (nSPS) is 12.9. The maximum Gasteiger partial charge on any atom is 0.262 e. The van der Waals surface area contributed by atoms with Gasteiger partial charge in [0.25, 0.3) is 20.8 Å². The number of hydrogen-bond acceptors (Lipinski definition) is 8. The summed E-state index contributed by atoms with van der Waals surface area (Å²) in [6.07, 6.45) is 0. The lowest BCUT2D eigenvalue weighted by molar-refractivity contribution is 0.373. The van der Waals surface area contributed by atoms with Crippen LogP contribution in [0.1, 0.15) is 0 Å². The standard InChI is InChI=1S/C24H12Br2O8S2/c25-11-1-3-13-15-5-7-18-22-16(14-4-2-12(26)10-20(14)24(18)34-36(30,31)32)6-8-17(21(15)22)23(19(13)9-11)33-35(27,28)29/h1-10H,(H,27,28,29)(H,30,31,32)/p-2. The molecule has 0 fully saturated rings. The molecule has 182 valence electrons. The third-order valence-electron chi connectivity index (χ3n) is 6.05. The first-order valence-corrected chi connectivity index (χ1v) is 14.4. The van der Waals surface area contributed by atoms with Crippen molar-refractivity contribution >= 4 is 107 Å². The molecular weight excluding hydrogens is 640 g/mol. The van der Waals surface area contributed by atoms with Crippen LogP contribution < -0.4 is 8.37 Å². The van der Waals surface area contributed by atoms with Crippen molar-refractivity contribution in [2.75, 3.05) is 0 Å². The number of hydrogen-bond donors (Lipinski definition) is 0. The van der Waals surface area contributed by atoms with Crippen LogP contribution in [0.25, 0.3) is 53.9 Å². The largest absolute Gasteiger partial charge is 0.716 e. The van der Waals surface area contributed by atoms with E-state index in [2.05, 4.69) is 31.9 Å². The van der Waals surface area contributed by atoms with E-state index in [1.807, 2.05) is 0 Å². The van der Waals surface area contributed by atoms with Crippen molar-refractivity contribution in [3.8, 4) is 11.5 Å². The van der Waals surface area contributed by atoms with Crippen molar-refractivity contribution in [2.45, 2.75) is 0 Å². The van der Waals surface area contributed by atoms with E-state index in [-0.39, 0.29) is 11.5 Å². The quantitative estimate of drug-likeness (QED) is 0.0969. The molecule has 6 aromatic rings. The predicted molar refractivity (Wildman–Crippen MR) is 141 cm³/mol. The van der Waals surface area contributed by atoms with Gasteiger partial charge >= 0.3 is 0 Å². The highest BCUT2D eigenvalue weighted by molar-refractivity contribution is 9.10. The van der Waals surface area contributed by atoms with E-state index in [0.29, 0.717) is 62.8 Å². The van der Waals surface area contributed by atoms with Crippen LogP contribution >= 0.6 is 31.9 Å². The second-order valence-corrected chi connectivity index (χ2v) is 11.9. The molecule has 0 aliphatic heterocycles. The average molecular weight is 650 g/mol. The van der Waals surface area contributed by atoms with Gasteiger partial charge in [-0.2, -0.15) is 0 Å². The SMILES string of the molecule is O=S(=O)([O-])Oc1c2cc(Br)ccc2c2ccc3c(OS(=O)(=O)[O-])c4cc(Br)ccc4c4ccc1c2c34. The lowest BCUT2D eigenvalue weighted by Gasteiger charge is -2.21. The molecule has 6 rings (SSSR count). The fourth-order valence-electron chi connectivity index (χ4n) is 4.88. The van der Waals surface area contributed by atoms with Gasteiger partial charge in [-0.1, -0.05) is 56.1 Å². The van der Waals surface area contributed by atoms with Gasteiger partial charge in [-0.15, -0.1) is 0 Å². The van der Waals surface area contributed by atoms with Crippen LogP contribution in [0.2, 0.25) is 0 Å². The second kappa shape index (κ2) is 7.88. The van der Waals surface area contributed by atoms with Crippen LogP contribution in [-0.4, -0.2) is 25.9 Å². The summed E-state index contributed by atoms with van der Waals surface area (Å²) in [5.41, 5.74) is 0. The van der Waals surface area contributed by atoms with Gasteiger partial charge in [0.1, 0.15) is 0 Å². The zero-order chi connectivity index (χ0) is 25.6. The van der Waals surface area contributed by atoms with Gasteiger partial charge in [-0.05, 0) is 57.9 Å². The fourth-order valence-corrected chi connectivity index (χ4v) is 6.36. The van der Waals surface area contributed by atoms with Crippen molar-refractivity contribution in [1.29, 1.82) is 0 Å². The Morgan fingerprint density at radius 1 is 0.500 bits per heavy atom. The summed E-state index contributed by atoms with van der Waals surface area (Å²) in [6, 6.07) is 17.1. The molecule has 0 aliphatic rings. The Balaban J connectivity index is 1.92. The molecule has 0 N–H and O–H groups in total. The summed E-state index contributed by atoms with van der Waals surface area (Å²) in [6.45, 7) is 0. The van der Waals surface area contributed by atoms with E-state index in [0.717, 1.165) is 0 Å². The molecule has 0 saturated carbocycles. The van der Waals surface area contributed by atoms with Crippen molar-refractivity contribution < 1.29 is 34.3 Å². The molecule has 36 heavy (non-hydrogen) atoms. The van der Waals surface area contributed by atoms with Crippen LogP contribution in [0, 0.1) is 0 Å². The highest BCUT2D eigenvalue weighted by atomic mass is 79.9. The van der Waals surface area contributed by atoms with Crippen LogP contribution in [0.3, 0.4) is 0 Å². The highest BCUT2D eigenvalue weighted by Crippen LogP contribution is 2.49. The van der Waals surface area contributed by atoms with Crippen molar-refractivity contribution in [1.82, 2.24) is 0 Å². The Bertz CT molecular complexity index is 1970. The number of rotatable bonds is 4. The predicted octanol–water partition coefficient (Wildman–Crippen LogP) is 6.09. The molecule has 0 heterocycles. The maximum atomic E-state index is 11.7. The van der Waals surface area contributed by atoms with Gasteiger partial charge in [0, 0.05) is 41.3 Å². The van der Waals surface area contributed by atoms with E-state index in [4.69, 9.17) is 8.37 Å². The van der Waals surface area contributed by atoms with Gasteiger partial charge in [-0.3, -0.25) is 0 Å². The van der Waals surface area contributed by atoms with Gasteiger partial charge in [0.05, 0.1) is 0 Å². The van der Waals surface area contributed by atoms with Crippen LogP contribution in [0.5, 0.6) is 11.5 Å². The lowest BCUT2D eigenvalue weighted by Crippen LogP contribution is -2.09. The van der Waals surface area contributed by atoms with Gasteiger partial charge in [0.15, 0.2) is 11.5 Å². The number of fused-ring (bicyclic) bond motifs is 4. The van der Waals surface area contributed by atoms with Gasteiger partial charge in [-0.25, -0.2) is 16.8 Å². The van der Waals surface area contributed by atoms with Gasteiger partial charge in [0.2, 0.25) is 0 Å². The third kappa shape index (κ3) is 3.76. The molecule has 0 amide bonds. The maximum absolute atomic E-state index is 11.7. The molecular formula is C24H10Br2O8S2-2. The Morgan fingerprint density at radius 2 is 0.833 bits per heavy atom. The molecule has 0 saturated heterocycles. The summed E-state index contributed by atoms with van der Waals surface area (Å²) >= 11 is 6.74. The summed E-state index contributed by atoms with van der Waals surface area (Å²) in [5, 5.41) is 5.09. The van der Waals surface area contributed by atoms with Crippen LogP contribution in [0.15, 0.2) is 69.6 Å². The van der Waals surface area contributed by atoms with Crippen LogP contribution in [-0.2, 0) is 20.8 Å². The molecule has 0 bridgehead atoms. The Kier molecular flexibility index (Phi) is 5.17. The van der Waals surface area contributed by atoms with E-state index < -0.39 is 20.8 Å². The zero-order valence-corrected chi connectivity index (χ0v) is 22.4. The van der Waals surface area contributed by atoms with Crippen LogP contribution in [0.4, 0.5) is 0 Å². The first-order chi connectivity index (χ1) is 16.9. The third-order valence-corrected chi connectivity index (χ3v) is 7.78. The Morgan fingerprint density at radius 3 is 1.19 bits per heavy atom. The fraction of sp³-hybridized carbons (Fsp3) is 0. The average Bonchev–Trinajstić information content (AvgIpc) is 2.78. The first kappa shape index (κ1) is 23.6.